The van der Waals surface area contributed by atoms with Crippen molar-refractivity contribution >= 4 is 17.4 Å². The van der Waals surface area contributed by atoms with Gasteiger partial charge in [0.2, 0.25) is 5.82 Å². The Labute approximate surface area is 151 Å². The Morgan fingerprint density at radius 2 is 2.20 bits per heavy atom. The fourth-order valence-corrected chi connectivity index (χ4v) is 3.18. The van der Waals surface area contributed by atoms with E-state index in [9.17, 15) is 0 Å². The largest absolute Gasteiger partial charge is 0.496 e. The van der Waals surface area contributed by atoms with Gasteiger partial charge in [0, 0.05) is 16.5 Å². The highest BCUT2D eigenvalue weighted by atomic mass is 32.1. The Bertz CT molecular complexity index is 868. The molecule has 1 aromatic carbocycles. The summed E-state index contributed by atoms with van der Waals surface area (Å²) in [6.07, 6.45) is 7.34. The number of methoxy groups -OCH3 is 1. The van der Waals surface area contributed by atoms with Gasteiger partial charge in [0.25, 0.3) is 0 Å². The molecule has 0 atom stereocenters. The maximum absolute atomic E-state index is 5.45. The van der Waals surface area contributed by atoms with Gasteiger partial charge in [0.1, 0.15) is 5.75 Å². The first kappa shape index (κ1) is 17.3. The van der Waals surface area contributed by atoms with E-state index in [1.165, 1.54) is 10.5 Å². The zero-order valence-electron chi connectivity index (χ0n) is 14.6. The first-order valence-corrected chi connectivity index (χ1v) is 9.03. The molecule has 2 aromatic heterocycles. The first-order chi connectivity index (χ1) is 12.2. The summed E-state index contributed by atoms with van der Waals surface area (Å²) in [4.78, 5) is 5.95. The van der Waals surface area contributed by atoms with Crippen LogP contribution in [0.25, 0.3) is 17.5 Å². The molecule has 130 valence electrons. The van der Waals surface area contributed by atoms with Crippen molar-refractivity contribution < 1.29 is 4.74 Å². The zero-order chi connectivity index (χ0) is 17.6. The molecule has 0 fully saturated rings. The van der Waals surface area contributed by atoms with Crippen LogP contribution in [0.2, 0.25) is 0 Å². The highest BCUT2D eigenvalue weighted by Crippen LogP contribution is 2.25. The summed E-state index contributed by atoms with van der Waals surface area (Å²) in [7, 11) is 3.43. The van der Waals surface area contributed by atoms with Gasteiger partial charge in [0.05, 0.1) is 24.9 Å². The molecule has 6 nitrogen and oxygen atoms in total. The standard InChI is InChI=1S/C18H21N5OS/c1-13-19-16(12-25-13)8-6-4-5-7-14-11-15(9-10-17(14)24-3)18-20-22-23(2)21-18/h5,7,9-12H,4,6,8H2,1-3H3/b7-5+. The van der Waals surface area contributed by atoms with Gasteiger partial charge in [-0.25, -0.2) is 4.98 Å². The van der Waals surface area contributed by atoms with Crippen molar-refractivity contribution in [3.63, 3.8) is 0 Å². The highest BCUT2D eigenvalue weighted by molar-refractivity contribution is 7.09. The average molecular weight is 355 g/mol. The Morgan fingerprint density at radius 3 is 2.88 bits per heavy atom. The van der Waals surface area contributed by atoms with Crippen molar-refractivity contribution in [3.05, 3.63) is 45.9 Å². The lowest BCUT2D eigenvalue weighted by Crippen LogP contribution is -1.92. The van der Waals surface area contributed by atoms with E-state index in [-0.39, 0.29) is 0 Å². The molecule has 0 bridgehead atoms. The maximum atomic E-state index is 5.45. The first-order valence-electron chi connectivity index (χ1n) is 8.15. The van der Waals surface area contributed by atoms with Gasteiger partial charge >= 0.3 is 0 Å². The van der Waals surface area contributed by atoms with Crippen LogP contribution in [0, 0.1) is 6.92 Å². The van der Waals surface area contributed by atoms with Crippen molar-refractivity contribution in [2.75, 3.05) is 7.11 Å². The van der Waals surface area contributed by atoms with Crippen molar-refractivity contribution in [1.82, 2.24) is 25.2 Å². The predicted octanol–water partition coefficient (Wildman–Crippen LogP) is 3.69. The predicted molar refractivity (Wildman–Crippen MR) is 99.6 cm³/mol. The van der Waals surface area contributed by atoms with Gasteiger partial charge in [-0.1, -0.05) is 12.2 Å². The SMILES string of the molecule is COc1ccc(-c2nnn(C)n2)cc1/C=C/CCCc1csc(C)n1. The number of ether oxygens (including phenoxy) is 1. The minimum Gasteiger partial charge on any atom is -0.496 e. The molecule has 0 unspecified atom stereocenters. The molecule has 25 heavy (non-hydrogen) atoms. The minimum atomic E-state index is 0.610. The molecule has 3 rings (SSSR count). The summed E-state index contributed by atoms with van der Waals surface area (Å²) in [5, 5.41) is 15.5. The molecule has 0 aliphatic rings. The normalized spacial score (nSPS) is 11.3. The van der Waals surface area contributed by atoms with Gasteiger partial charge in [-0.15, -0.1) is 21.5 Å². The molecule has 0 amide bonds. The molecular weight excluding hydrogens is 334 g/mol. The number of tetrazole rings is 1. The van der Waals surface area contributed by atoms with Crippen molar-refractivity contribution in [3.8, 4) is 17.1 Å². The van der Waals surface area contributed by atoms with Crippen LogP contribution < -0.4 is 4.74 Å². The fourth-order valence-electron chi connectivity index (χ4n) is 2.54. The molecule has 3 aromatic rings. The Hall–Kier alpha value is -2.54. The molecule has 2 heterocycles. The number of aromatic nitrogens is 5. The van der Waals surface area contributed by atoms with E-state index in [0.717, 1.165) is 41.1 Å². The summed E-state index contributed by atoms with van der Waals surface area (Å²) in [6, 6.07) is 5.90. The van der Waals surface area contributed by atoms with E-state index in [2.05, 4.69) is 37.9 Å². The molecule has 0 N–H and O–H groups in total. The number of rotatable bonds is 7. The van der Waals surface area contributed by atoms with Crippen molar-refractivity contribution in [2.24, 2.45) is 7.05 Å². The number of hydrogen-bond donors (Lipinski definition) is 0. The zero-order valence-corrected chi connectivity index (χ0v) is 15.5. The molecule has 0 radical (unpaired) electrons. The van der Waals surface area contributed by atoms with E-state index >= 15 is 0 Å². The number of allylic oxidation sites excluding steroid dienone is 1. The number of nitrogens with zero attached hydrogens (tertiary/aromatic N) is 5. The number of hydrogen-bond acceptors (Lipinski definition) is 6. The van der Waals surface area contributed by atoms with Gasteiger partial charge in [-0.3, -0.25) is 0 Å². The summed E-state index contributed by atoms with van der Waals surface area (Å²) in [6.45, 7) is 2.04. The van der Waals surface area contributed by atoms with Gasteiger partial charge in [0.15, 0.2) is 0 Å². The van der Waals surface area contributed by atoms with Crippen LogP contribution in [0.15, 0.2) is 29.7 Å². The van der Waals surface area contributed by atoms with E-state index < -0.39 is 0 Å². The van der Waals surface area contributed by atoms with Crippen LogP contribution in [0.5, 0.6) is 5.75 Å². The number of unbranched alkanes of at least 4 members (excludes halogenated alkanes) is 1. The van der Waals surface area contributed by atoms with Crippen LogP contribution in [0.3, 0.4) is 0 Å². The van der Waals surface area contributed by atoms with Crippen LogP contribution in [0.4, 0.5) is 0 Å². The second-order valence-electron chi connectivity index (χ2n) is 5.71. The molecule has 7 heteroatoms. The molecule has 0 spiro atoms. The van der Waals surface area contributed by atoms with Crippen LogP contribution >= 0.6 is 11.3 Å². The molecular formula is C18H21N5OS. The third-order valence-electron chi connectivity index (χ3n) is 3.76. The lowest BCUT2D eigenvalue weighted by Gasteiger charge is -2.06. The average Bonchev–Trinajstić information content (AvgIpc) is 3.23. The summed E-state index contributed by atoms with van der Waals surface area (Å²) in [5.41, 5.74) is 3.12. The Kier molecular flexibility index (Phi) is 5.55. The molecule has 0 aliphatic carbocycles. The molecule has 0 saturated carbocycles. The lowest BCUT2D eigenvalue weighted by molar-refractivity contribution is 0.414. The van der Waals surface area contributed by atoms with Gasteiger partial charge < -0.3 is 4.74 Å². The monoisotopic (exact) mass is 355 g/mol. The van der Waals surface area contributed by atoms with Gasteiger partial charge in [-0.2, -0.15) is 4.80 Å². The Balaban J connectivity index is 1.65. The lowest BCUT2D eigenvalue weighted by atomic mass is 10.1. The third-order valence-corrected chi connectivity index (χ3v) is 4.59. The second-order valence-corrected chi connectivity index (χ2v) is 6.77. The van der Waals surface area contributed by atoms with E-state index in [1.807, 2.05) is 25.1 Å². The summed E-state index contributed by atoms with van der Waals surface area (Å²) >= 11 is 1.71. The quantitative estimate of drug-likeness (QED) is 0.605. The molecule has 0 aliphatic heterocycles. The van der Waals surface area contributed by atoms with E-state index in [0.29, 0.717) is 5.82 Å². The van der Waals surface area contributed by atoms with Crippen molar-refractivity contribution in [2.45, 2.75) is 26.2 Å². The summed E-state index contributed by atoms with van der Waals surface area (Å²) < 4.78 is 5.45. The van der Waals surface area contributed by atoms with Crippen LogP contribution in [0.1, 0.15) is 29.1 Å². The van der Waals surface area contributed by atoms with Crippen LogP contribution in [-0.4, -0.2) is 32.3 Å². The molecule has 0 saturated heterocycles. The fraction of sp³-hybridized carbons (Fsp3) is 0.333. The topological polar surface area (TPSA) is 65.7 Å². The highest BCUT2D eigenvalue weighted by Gasteiger charge is 2.08. The minimum absolute atomic E-state index is 0.610. The number of aryl methyl sites for hydroxylation is 3. The Morgan fingerprint density at radius 1 is 1.32 bits per heavy atom. The van der Waals surface area contributed by atoms with Crippen molar-refractivity contribution in [1.29, 1.82) is 0 Å². The van der Waals surface area contributed by atoms with E-state index in [4.69, 9.17) is 4.74 Å². The smallest absolute Gasteiger partial charge is 0.204 e. The van der Waals surface area contributed by atoms with Crippen LogP contribution in [-0.2, 0) is 13.5 Å². The second kappa shape index (κ2) is 8.02. The number of thiazole rings is 1. The number of benzene rings is 1. The third kappa shape index (κ3) is 4.51. The van der Waals surface area contributed by atoms with Gasteiger partial charge in [-0.05, 0) is 49.6 Å². The van der Waals surface area contributed by atoms with E-state index in [1.54, 1.807) is 25.5 Å². The maximum Gasteiger partial charge on any atom is 0.204 e. The summed E-state index contributed by atoms with van der Waals surface area (Å²) in [5.74, 6) is 1.44.